The van der Waals surface area contributed by atoms with Crippen LogP contribution in [0.15, 0.2) is 23.3 Å². The summed E-state index contributed by atoms with van der Waals surface area (Å²) >= 11 is 0. The van der Waals surface area contributed by atoms with Crippen molar-refractivity contribution in [3.63, 3.8) is 0 Å². The van der Waals surface area contributed by atoms with Gasteiger partial charge in [0.1, 0.15) is 72.7 Å². The maximum absolute atomic E-state index is 14.3. The molecular weight excluding hydrogens is 1400 g/mol. The first-order chi connectivity index (χ1) is 51.4. The van der Waals surface area contributed by atoms with Gasteiger partial charge in [0.2, 0.25) is 88.6 Å². The minimum absolute atomic E-state index is 0.00194. The number of benzene rings is 1. The molecule has 10 heterocycles. The van der Waals surface area contributed by atoms with Crippen LogP contribution in [0.25, 0.3) is 10.4 Å². The summed E-state index contributed by atoms with van der Waals surface area (Å²) in [5.74, 6) is -9.25. The van der Waals surface area contributed by atoms with Gasteiger partial charge in [-0.25, -0.2) is 0 Å². The fourth-order valence-corrected chi connectivity index (χ4v) is 17.1. The third-order valence-electron chi connectivity index (χ3n) is 22.3. The molecule has 1 aromatic carbocycles. The first-order valence-electron chi connectivity index (χ1n) is 37.1. The highest BCUT2D eigenvalue weighted by molar-refractivity contribution is 6.00. The molecule has 10 fully saturated rings. The Hall–Kier alpha value is -10.7. The van der Waals surface area contributed by atoms with Crippen LogP contribution in [-0.2, 0) is 76.7 Å². The van der Waals surface area contributed by atoms with Gasteiger partial charge in [0, 0.05) is 82.1 Å². The number of hydrogen-bond donors (Lipinski definition) is 7. The predicted octanol–water partition coefficient (Wildman–Crippen LogP) is -2.48. The highest BCUT2D eigenvalue weighted by atomic mass is 16.6. The van der Waals surface area contributed by atoms with E-state index in [0.29, 0.717) is 89.9 Å². The predicted molar refractivity (Wildman–Crippen MR) is 370 cm³/mol. The molecule has 0 aliphatic carbocycles. The molecule has 39 nitrogen and oxygen atoms in total. The SMILES string of the molecule is [N-]=[N+]=Nc1ccc(NCC(=O)N2CCC[C@H]2C(=O)N2CCC[C@H]2C(=O)NCC(=O)N2CCC[C@H]2C(=O)N2CCC[C@H]2C(=O)NCC(=O)N2CCC[C@H]2C(=O)N2CCC[C@H]2C(=O)NCC(=O)N2CCC[C@H]2C(=O)N2CCC[C@H]2C(=O)NCC(=O)N2CCC[C@H]2C(=O)N2CCC[C@H]2C(=O)NCC(=O)O)c([N+](=O)[O-])c1. The number of carbonyl (C=O) groups is 16. The molecule has 0 aromatic heterocycles. The molecule has 1 aromatic rings. The third kappa shape index (κ3) is 17.2. The summed E-state index contributed by atoms with van der Waals surface area (Å²) < 4.78 is 0. The molecule has 0 radical (unpaired) electrons. The Kier molecular flexibility index (Phi) is 25.1. The van der Waals surface area contributed by atoms with Gasteiger partial charge in [-0.1, -0.05) is 11.2 Å². The number of amides is 15. The lowest BCUT2D eigenvalue weighted by Crippen LogP contribution is -2.57. The van der Waals surface area contributed by atoms with E-state index < -0.39 is 205 Å². The number of hydrogen-bond acceptors (Lipinski definition) is 20. The molecule has 10 saturated heterocycles. The number of aliphatic carboxylic acids is 1. The van der Waals surface area contributed by atoms with Gasteiger partial charge in [-0.15, -0.1) is 0 Å². The number of azide groups is 1. The minimum atomic E-state index is -1.23. The number of anilines is 1. The lowest BCUT2D eigenvalue weighted by Gasteiger charge is -2.32. The Labute approximate surface area is 614 Å². The van der Waals surface area contributed by atoms with E-state index in [9.17, 15) is 86.8 Å². The van der Waals surface area contributed by atoms with E-state index in [-0.39, 0.29) is 115 Å². The molecule has 15 amide bonds. The maximum atomic E-state index is 14.3. The van der Waals surface area contributed by atoms with Crippen LogP contribution in [0, 0.1) is 10.1 Å². The number of nitro benzene ring substituents is 1. The van der Waals surface area contributed by atoms with Gasteiger partial charge in [0.25, 0.3) is 5.69 Å². The van der Waals surface area contributed by atoms with Gasteiger partial charge in [0.05, 0.1) is 37.6 Å². The number of nitrogens with one attached hydrogen (secondary N) is 6. The van der Waals surface area contributed by atoms with Crippen molar-refractivity contribution in [3.05, 3.63) is 38.8 Å². The smallest absolute Gasteiger partial charge is 0.322 e. The van der Waals surface area contributed by atoms with E-state index in [2.05, 4.69) is 41.9 Å². The van der Waals surface area contributed by atoms with Crippen molar-refractivity contribution in [2.45, 2.75) is 189 Å². The Morgan fingerprint density at radius 3 is 0.850 bits per heavy atom. The number of likely N-dealkylation sites (tertiary alicyclic amines) is 10. The summed E-state index contributed by atoms with van der Waals surface area (Å²) in [5.41, 5.74) is 8.31. The molecule has 10 atom stereocenters. The van der Waals surface area contributed by atoms with Gasteiger partial charge in [-0.05, 0) is 140 Å². The van der Waals surface area contributed by atoms with E-state index in [1.807, 2.05) is 0 Å². The summed E-state index contributed by atoms with van der Waals surface area (Å²) in [6.07, 6.45) is 7.66. The molecule has 107 heavy (non-hydrogen) atoms. The molecule has 578 valence electrons. The lowest BCUT2D eigenvalue weighted by molar-refractivity contribution is -0.383. The van der Waals surface area contributed by atoms with Crippen LogP contribution in [-0.4, -0.2) is 319 Å². The number of nitrogens with zero attached hydrogens (tertiary/aromatic N) is 14. The van der Waals surface area contributed by atoms with Crippen LogP contribution >= 0.6 is 0 Å². The van der Waals surface area contributed by atoms with Crippen molar-refractivity contribution in [3.8, 4) is 0 Å². The van der Waals surface area contributed by atoms with Crippen LogP contribution in [0.2, 0.25) is 0 Å². The fourth-order valence-electron chi connectivity index (χ4n) is 17.1. The number of carboxylic acids is 1. The zero-order valence-corrected chi connectivity index (χ0v) is 59.5. The van der Waals surface area contributed by atoms with Crippen molar-refractivity contribution in [1.82, 2.24) is 75.6 Å². The average Bonchev–Trinajstić information content (AvgIpc) is 1.70. The van der Waals surface area contributed by atoms with E-state index >= 15 is 0 Å². The zero-order chi connectivity index (χ0) is 76.3. The largest absolute Gasteiger partial charge is 0.480 e. The normalized spacial score (nSPS) is 25.4. The van der Waals surface area contributed by atoms with Gasteiger partial charge >= 0.3 is 5.97 Å². The first-order valence-corrected chi connectivity index (χ1v) is 37.1. The number of carboxylic acid groups (broad SMARTS) is 1. The van der Waals surface area contributed by atoms with Gasteiger partial charge in [-0.2, -0.15) is 0 Å². The van der Waals surface area contributed by atoms with Crippen LogP contribution in [0.1, 0.15) is 128 Å². The van der Waals surface area contributed by atoms with Crippen molar-refractivity contribution in [1.29, 1.82) is 0 Å². The minimum Gasteiger partial charge on any atom is -0.480 e. The van der Waals surface area contributed by atoms with E-state index in [1.54, 1.807) is 0 Å². The number of rotatable bonds is 25. The monoisotopic (exact) mass is 1490 g/mol. The summed E-state index contributed by atoms with van der Waals surface area (Å²) in [6.45, 7) is -0.845. The Morgan fingerprint density at radius 2 is 0.607 bits per heavy atom. The second kappa shape index (κ2) is 34.7. The van der Waals surface area contributed by atoms with Crippen LogP contribution in [0.5, 0.6) is 0 Å². The highest BCUT2D eigenvalue weighted by Gasteiger charge is 2.49. The third-order valence-corrected chi connectivity index (χ3v) is 22.3. The molecule has 0 saturated carbocycles. The zero-order valence-electron chi connectivity index (χ0n) is 59.5. The average molecular weight is 1490 g/mol. The topological polar surface area (TPSA) is 490 Å². The molecule has 10 aliphatic heterocycles. The van der Waals surface area contributed by atoms with E-state index in [0.717, 1.165) is 6.07 Å². The van der Waals surface area contributed by atoms with Crippen molar-refractivity contribution in [2.75, 3.05) is 110 Å². The highest BCUT2D eigenvalue weighted by Crippen LogP contribution is 2.34. The summed E-state index contributed by atoms with van der Waals surface area (Å²) in [5, 5.41) is 39.8. The van der Waals surface area contributed by atoms with Crippen molar-refractivity contribution >= 4 is 112 Å². The van der Waals surface area contributed by atoms with E-state index in [4.69, 9.17) is 10.6 Å². The summed E-state index contributed by atoms with van der Waals surface area (Å²) in [6, 6.07) is -5.70. The molecule has 7 N–H and O–H groups in total. The van der Waals surface area contributed by atoms with Gasteiger partial charge in [0.15, 0.2) is 0 Å². The lowest BCUT2D eigenvalue weighted by atomic mass is 10.1. The second-order valence-corrected chi connectivity index (χ2v) is 28.7. The Balaban J connectivity index is 0.604. The van der Waals surface area contributed by atoms with E-state index in [1.165, 1.54) is 61.1 Å². The molecule has 39 heteroatoms. The van der Waals surface area contributed by atoms with Crippen molar-refractivity contribution < 1.29 is 86.7 Å². The molecule has 0 unspecified atom stereocenters. The van der Waals surface area contributed by atoms with Crippen LogP contribution in [0.3, 0.4) is 0 Å². The Morgan fingerprint density at radius 1 is 0.374 bits per heavy atom. The summed E-state index contributed by atoms with van der Waals surface area (Å²) in [4.78, 5) is 246. The molecule has 0 spiro atoms. The molecular formula is C68H92N20O19. The maximum Gasteiger partial charge on any atom is 0.322 e. The Bertz CT molecular complexity index is 3780. The van der Waals surface area contributed by atoms with Crippen LogP contribution < -0.4 is 31.9 Å². The fraction of sp³-hybridized carbons (Fsp3) is 0.676. The molecule has 0 bridgehead atoms. The number of carbonyl (C=O) groups excluding carboxylic acids is 15. The van der Waals surface area contributed by atoms with Gasteiger partial charge < -0.3 is 86.0 Å². The summed E-state index contributed by atoms with van der Waals surface area (Å²) in [7, 11) is 0. The standard InChI is InChI=1S/C68H92N20O19/c69-77-76-40-21-22-41(52(33-40)88(106)107)70-34-53(89)78-23-6-16-47(78)64(101)83-28-1-11-42(83)59(96)71-35-54(90)79-24-7-17-48(79)65(102)84-29-2-12-43(84)60(97)72-36-55(91)80-25-8-18-49(80)66(103)85-30-3-13-44(85)61(98)73-37-56(92)81-26-9-19-50(81)67(104)86-31-4-14-45(86)62(99)74-38-57(93)82-27-10-20-51(82)68(105)87-32-5-15-46(87)63(100)75-39-58(94)95/h21-22,33,42-51,70H,1-20,23-32,34-39H2,(H,71,96)(H,72,97)(H,73,98)(H,74,99)(H,75,100)(H,94,95)/t42-,43-,44-,45-,46-,47-,48-,49-,50-,51-/m0/s1. The molecule has 11 rings (SSSR count). The van der Waals surface area contributed by atoms with Crippen molar-refractivity contribution in [2.24, 2.45) is 5.11 Å². The first kappa shape index (κ1) is 77.4. The quantitative estimate of drug-likeness (QED) is 0.0175. The second-order valence-electron chi connectivity index (χ2n) is 28.7. The molecule has 10 aliphatic rings. The van der Waals surface area contributed by atoms with Crippen LogP contribution in [0.4, 0.5) is 17.1 Å². The van der Waals surface area contributed by atoms with Gasteiger partial charge in [-0.3, -0.25) is 86.8 Å². The number of nitro groups is 1.